The second kappa shape index (κ2) is 5.60. The second-order valence-electron chi connectivity index (χ2n) is 8.82. The van der Waals surface area contributed by atoms with E-state index in [0.717, 1.165) is 41.8 Å². The van der Waals surface area contributed by atoms with E-state index < -0.39 is 5.60 Å². The number of amides is 2. The Bertz CT molecular complexity index is 815. The lowest BCUT2D eigenvalue weighted by Crippen LogP contribution is -2.39. The molecule has 0 unspecified atom stereocenters. The van der Waals surface area contributed by atoms with Crippen molar-refractivity contribution in [3.63, 3.8) is 0 Å². The SMILES string of the molecule is C[C@H]1CC=C(c2ccc3c(c2)NC(=O)C32CC2)N(C(=O)OC(C)(C)C)C1. The van der Waals surface area contributed by atoms with E-state index in [9.17, 15) is 9.59 Å². The molecule has 138 valence electrons. The van der Waals surface area contributed by atoms with Crippen LogP contribution in [-0.4, -0.2) is 29.0 Å². The molecule has 2 aliphatic heterocycles. The molecule has 0 aromatic heterocycles. The van der Waals surface area contributed by atoms with Crippen LogP contribution in [0.5, 0.6) is 0 Å². The van der Waals surface area contributed by atoms with Gasteiger partial charge in [0.15, 0.2) is 0 Å². The summed E-state index contributed by atoms with van der Waals surface area (Å²) in [6.07, 6.45) is 4.55. The number of carbonyl (C=O) groups is 2. The highest BCUT2D eigenvalue weighted by atomic mass is 16.6. The number of hydrogen-bond donors (Lipinski definition) is 1. The third-order valence-electron chi connectivity index (χ3n) is 5.38. The summed E-state index contributed by atoms with van der Waals surface area (Å²) in [5.41, 5.74) is 2.97. The third kappa shape index (κ3) is 2.79. The molecule has 3 aliphatic rings. The van der Waals surface area contributed by atoms with Crippen molar-refractivity contribution in [3.05, 3.63) is 35.4 Å². The fraction of sp³-hybridized carbons (Fsp3) is 0.524. The highest BCUT2D eigenvalue weighted by Gasteiger charge is 2.56. The van der Waals surface area contributed by atoms with Gasteiger partial charge in [-0.1, -0.05) is 25.1 Å². The predicted octanol–water partition coefficient (Wildman–Crippen LogP) is 4.29. The van der Waals surface area contributed by atoms with Crippen molar-refractivity contribution in [1.29, 1.82) is 0 Å². The first-order chi connectivity index (χ1) is 12.2. The number of nitrogens with one attached hydrogen (secondary N) is 1. The van der Waals surface area contributed by atoms with E-state index in [4.69, 9.17) is 4.74 Å². The maximum Gasteiger partial charge on any atom is 0.414 e. The van der Waals surface area contributed by atoms with Crippen LogP contribution in [0.4, 0.5) is 10.5 Å². The Balaban J connectivity index is 1.66. The van der Waals surface area contributed by atoms with Gasteiger partial charge in [-0.2, -0.15) is 0 Å². The number of fused-ring (bicyclic) bond motifs is 2. The van der Waals surface area contributed by atoms with Crippen molar-refractivity contribution in [1.82, 2.24) is 4.90 Å². The summed E-state index contributed by atoms with van der Waals surface area (Å²) < 4.78 is 5.61. The number of ether oxygens (including phenoxy) is 1. The fourth-order valence-electron chi connectivity index (χ4n) is 3.88. The summed E-state index contributed by atoms with van der Waals surface area (Å²) in [5, 5.41) is 3.02. The van der Waals surface area contributed by atoms with Gasteiger partial charge in [-0.15, -0.1) is 0 Å². The molecule has 1 saturated carbocycles. The fourth-order valence-corrected chi connectivity index (χ4v) is 3.88. The van der Waals surface area contributed by atoms with Gasteiger partial charge in [-0.25, -0.2) is 4.79 Å². The summed E-state index contributed by atoms with van der Waals surface area (Å²) in [6.45, 7) is 8.39. The van der Waals surface area contributed by atoms with Gasteiger partial charge in [0.2, 0.25) is 5.91 Å². The molecule has 5 nitrogen and oxygen atoms in total. The molecule has 0 bridgehead atoms. The number of anilines is 1. The van der Waals surface area contributed by atoms with Crippen LogP contribution in [0.3, 0.4) is 0 Å². The van der Waals surface area contributed by atoms with E-state index in [0.29, 0.717) is 12.5 Å². The maximum atomic E-state index is 12.7. The van der Waals surface area contributed by atoms with E-state index in [1.165, 1.54) is 0 Å². The van der Waals surface area contributed by atoms with E-state index in [2.05, 4.69) is 18.3 Å². The first-order valence-corrected chi connectivity index (χ1v) is 9.37. The van der Waals surface area contributed by atoms with Crippen molar-refractivity contribution < 1.29 is 14.3 Å². The Morgan fingerprint density at radius 2 is 2.04 bits per heavy atom. The van der Waals surface area contributed by atoms with Crippen LogP contribution in [0.25, 0.3) is 5.70 Å². The molecule has 26 heavy (non-hydrogen) atoms. The maximum absolute atomic E-state index is 12.7. The average Bonchev–Trinajstić information content (AvgIpc) is 3.29. The Kier molecular flexibility index (Phi) is 3.69. The number of nitrogens with zero attached hydrogens (tertiary/aromatic N) is 1. The largest absolute Gasteiger partial charge is 0.443 e. The summed E-state index contributed by atoms with van der Waals surface area (Å²) >= 11 is 0. The van der Waals surface area contributed by atoms with Gasteiger partial charge in [0.25, 0.3) is 0 Å². The summed E-state index contributed by atoms with van der Waals surface area (Å²) in [6, 6.07) is 6.07. The van der Waals surface area contributed by atoms with Crippen molar-refractivity contribution in [2.75, 3.05) is 11.9 Å². The number of rotatable bonds is 1. The van der Waals surface area contributed by atoms with Crippen LogP contribution in [-0.2, 0) is 14.9 Å². The predicted molar refractivity (Wildman–Crippen MR) is 101 cm³/mol. The molecule has 2 heterocycles. The van der Waals surface area contributed by atoms with Gasteiger partial charge in [0.05, 0.1) is 11.1 Å². The van der Waals surface area contributed by atoms with Gasteiger partial charge in [0, 0.05) is 17.8 Å². The zero-order valence-corrected chi connectivity index (χ0v) is 15.9. The van der Waals surface area contributed by atoms with Crippen LogP contribution in [0.2, 0.25) is 0 Å². The van der Waals surface area contributed by atoms with Crippen molar-refractivity contribution >= 4 is 23.4 Å². The Morgan fingerprint density at radius 3 is 2.69 bits per heavy atom. The monoisotopic (exact) mass is 354 g/mol. The third-order valence-corrected chi connectivity index (χ3v) is 5.38. The standard InChI is InChI=1S/C21H26N2O3/c1-13-5-8-17(23(12-13)19(25)26-20(2,3)4)14-6-7-15-16(11-14)22-18(24)21(15)9-10-21/h6-8,11,13H,5,9-10,12H2,1-4H3,(H,22,24)/t13-/m0/s1. The number of allylic oxidation sites excluding steroid dienone is 1. The molecule has 0 radical (unpaired) electrons. The normalized spacial score (nSPS) is 23.4. The quantitative estimate of drug-likeness (QED) is 0.818. The molecule has 1 aromatic rings. The molecule has 1 atom stereocenters. The Morgan fingerprint density at radius 1 is 1.31 bits per heavy atom. The van der Waals surface area contributed by atoms with Crippen LogP contribution in [0.15, 0.2) is 24.3 Å². The lowest BCUT2D eigenvalue weighted by atomic mass is 9.94. The minimum absolute atomic E-state index is 0.111. The second-order valence-corrected chi connectivity index (χ2v) is 8.82. The summed E-state index contributed by atoms with van der Waals surface area (Å²) in [4.78, 5) is 26.7. The highest BCUT2D eigenvalue weighted by molar-refractivity contribution is 6.08. The molecule has 1 N–H and O–H groups in total. The summed E-state index contributed by atoms with van der Waals surface area (Å²) in [7, 11) is 0. The number of hydrogen-bond acceptors (Lipinski definition) is 3. The van der Waals surface area contributed by atoms with Gasteiger partial charge < -0.3 is 10.1 Å². The summed E-state index contributed by atoms with van der Waals surface area (Å²) in [5.74, 6) is 0.495. The van der Waals surface area contributed by atoms with Gasteiger partial charge in [-0.05, 0) is 57.6 Å². The molecule has 1 aliphatic carbocycles. The lowest BCUT2D eigenvalue weighted by molar-refractivity contribution is -0.117. The number of benzene rings is 1. The molecule has 1 aromatic carbocycles. The van der Waals surface area contributed by atoms with Crippen molar-refractivity contribution in [2.24, 2.45) is 5.92 Å². The van der Waals surface area contributed by atoms with Crippen molar-refractivity contribution in [3.8, 4) is 0 Å². The molecule has 2 amide bonds. The molecule has 5 heteroatoms. The Labute approximate surface area is 154 Å². The number of carbonyl (C=O) groups excluding carboxylic acids is 2. The van der Waals surface area contributed by atoms with E-state index in [-0.39, 0.29) is 17.4 Å². The molecule has 0 saturated heterocycles. The zero-order chi connectivity index (χ0) is 18.7. The van der Waals surface area contributed by atoms with Gasteiger partial charge >= 0.3 is 6.09 Å². The molecule has 4 rings (SSSR count). The Hall–Kier alpha value is -2.30. The topological polar surface area (TPSA) is 58.6 Å². The molecule has 1 fully saturated rings. The van der Waals surface area contributed by atoms with Gasteiger partial charge in [-0.3, -0.25) is 9.69 Å². The van der Waals surface area contributed by atoms with Gasteiger partial charge in [0.1, 0.15) is 5.60 Å². The average molecular weight is 354 g/mol. The zero-order valence-electron chi connectivity index (χ0n) is 15.9. The molecular formula is C21H26N2O3. The minimum Gasteiger partial charge on any atom is -0.443 e. The van der Waals surface area contributed by atoms with Crippen molar-refractivity contribution in [2.45, 2.75) is 58.0 Å². The molecule has 1 spiro atoms. The molecular weight excluding hydrogens is 328 g/mol. The van der Waals surface area contributed by atoms with E-state index in [1.54, 1.807) is 4.90 Å². The van der Waals surface area contributed by atoms with E-state index >= 15 is 0 Å². The first-order valence-electron chi connectivity index (χ1n) is 9.37. The van der Waals surface area contributed by atoms with E-state index in [1.807, 2.05) is 39.0 Å². The smallest absolute Gasteiger partial charge is 0.414 e. The lowest BCUT2D eigenvalue weighted by Gasteiger charge is -2.34. The van der Waals surface area contributed by atoms with Crippen LogP contribution in [0, 0.1) is 5.92 Å². The van der Waals surface area contributed by atoms with Crippen LogP contribution < -0.4 is 5.32 Å². The first kappa shape index (κ1) is 17.1. The van der Waals surface area contributed by atoms with Crippen LogP contribution >= 0.6 is 0 Å². The van der Waals surface area contributed by atoms with Crippen LogP contribution in [0.1, 0.15) is 58.1 Å². The minimum atomic E-state index is -0.535. The highest BCUT2D eigenvalue weighted by Crippen LogP contribution is 2.55.